The van der Waals surface area contributed by atoms with E-state index >= 15 is 0 Å². The van der Waals surface area contributed by atoms with Crippen LogP contribution in [0, 0.1) is 0 Å². The normalized spacial score (nSPS) is 24.2. The van der Waals surface area contributed by atoms with Crippen LogP contribution in [0.15, 0.2) is 48.9 Å². The first-order valence-electron chi connectivity index (χ1n) is 12.0. The van der Waals surface area contributed by atoms with Gasteiger partial charge in [0, 0.05) is 24.4 Å². The smallest absolute Gasteiger partial charge is 0.230 e. The molecule has 0 spiro atoms. The Morgan fingerprint density at radius 3 is 2.66 bits per heavy atom. The molecule has 0 bridgehead atoms. The largest absolute Gasteiger partial charge is 0.390 e. The number of nitrogen functional groups attached to an aromatic ring is 1. The third kappa shape index (κ3) is 3.25. The highest BCUT2D eigenvalue weighted by molar-refractivity contribution is 5.92. The molecule has 1 aromatic carbocycles. The molecule has 180 valence electrons. The van der Waals surface area contributed by atoms with Gasteiger partial charge in [-0.05, 0) is 62.8 Å². The van der Waals surface area contributed by atoms with E-state index in [1.165, 1.54) is 12.7 Å². The zero-order valence-corrected chi connectivity index (χ0v) is 19.9. The van der Waals surface area contributed by atoms with Gasteiger partial charge in [-0.1, -0.05) is 18.2 Å². The van der Waals surface area contributed by atoms with Gasteiger partial charge in [-0.2, -0.15) is 10.2 Å². The van der Waals surface area contributed by atoms with Crippen molar-refractivity contribution >= 4 is 17.2 Å². The number of benzene rings is 1. The van der Waals surface area contributed by atoms with Crippen LogP contribution in [0.25, 0.3) is 28.0 Å². The van der Waals surface area contributed by atoms with E-state index in [1.807, 2.05) is 41.0 Å². The van der Waals surface area contributed by atoms with Gasteiger partial charge in [0.05, 0.1) is 28.4 Å². The zero-order valence-electron chi connectivity index (χ0n) is 19.9. The summed E-state index contributed by atoms with van der Waals surface area (Å²) in [7, 11) is 1.64. The minimum atomic E-state index is -0.862. The molecule has 2 aliphatic carbocycles. The molecule has 4 aromatic rings. The Morgan fingerprint density at radius 1 is 1.17 bits per heavy atom. The summed E-state index contributed by atoms with van der Waals surface area (Å²) in [5.74, 6) is 0.313. The lowest BCUT2D eigenvalue weighted by Crippen LogP contribution is -2.60. The van der Waals surface area contributed by atoms with Gasteiger partial charge in [0.15, 0.2) is 5.82 Å². The number of nitrogens with zero attached hydrogens (tertiary/aromatic N) is 5. The molecule has 9 nitrogen and oxygen atoms in total. The Hall–Kier alpha value is -3.72. The number of fused-ring (bicyclic) bond motifs is 1. The zero-order chi connectivity index (χ0) is 24.4. The van der Waals surface area contributed by atoms with Crippen LogP contribution in [0.1, 0.15) is 50.6 Å². The topological polar surface area (TPSA) is 123 Å². The van der Waals surface area contributed by atoms with Gasteiger partial charge in [-0.25, -0.2) is 9.50 Å². The Bertz CT molecular complexity index is 1440. The lowest BCUT2D eigenvalue weighted by atomic mass is 9.56. The van der Waals surface area contributed by atoms with E-state index in [1.54, 1.807) is 14.0 Å². The van der Waals surface area contributed by atoms with Crippen molar-refractivity contribution in [1.82, 2.24) is 29.7 Å². The molecule has 1 amide bonds. The lowest BCUT2D eigenvalue weighted by molar-refractivity contribution is -0.144. The van der Waals surface area contributed by atoms with Crippen molar-refractivity contribution in [3.8, 4) is 22.5 Å². The molecule has 6 rings (SSSR count). The first-order valence-corrected chi connectivity index (χ1v) is 12.0. The van der Waals surface area contributed by atoms with Gasteiger partial charge in [-0.15, -0.1) is 0 Å². The fraction of sp³-hybridized carbons (Fsp3) is 0.385. The molecular weight excluding hydrogens is 442 g/mol. The highest BCUT2D eigenvalue weighted by atomic mass is 16.3. The number of rotatable bonds is 5. The van der Waals surface area contributed by atoms with Crippen molar-refractivity contribution in [3.05, 3.63) is 54.5 Å². The highest BCUT2D eigenvalue weighted by Crippen LogP contribution is 2.51. The summed E-state index contributed by atoms with van der Waals surface area (Å²) in [4.78, 5) is 17.2. The Kier molecular flexibility index (Phi) is 4.76. The van der Waals surface area contributed by atoms with Gasteiger partial charge in [0.1, 0.15) is 11.8 Å². The number of anilines is 1. The van der Waals surface area contributed by atoms with E-state index < -0.39 is 11.0 Å². The summed E-state index contributed by atoms with van der Waals surface area (Å²) < 4.78 is 3.90. The fourth-order valence-electron chi connectivity index (χ4n) is 5.88. The molecule has 2 aliphatic rings. The number of nitrogens with one attached hydrogen (secondary N) is 1. The van der Waals surface area contributed by atoms with Crippen LogP contribution in [0.2, 0.25) is 0 Å². The van der Waals surface area contributed by atoms with E-state index in [9.17, 15) is 9.90 Å². The van der Waals surface area contributed by atoms with Crippen LogP contribution in [0.3, 0.4) is 0 Å². The van der Waals surface area contributed by atoms with Crippen LogP contribution < -0.4 is 11.1 Å². The number of hydrogen-bond donors (Lipinski definition) is 3. The molecule has 35 heavy (non-hydrogen) atoms. The Balaban J connectivity index is 1.51. The van der Waals surface area contributed by atoms with E-state index in [4.69, 9.17) is 5.73 Å². The number of likely N-dealkylation sites (N-methyl/N-ethyl adjacent to an activating group) is 1. The maximum atomic E-state index is 12.9. The molecule has 3 heterocycles. The van der Waals surface area contributed by atoms with E-state index in [0.717, 1.165) is 46.4 Å². The lowest BCUT2D eigenvalue weighted by Gasteiger charge is -2.50. The van der Waals surface area contributed by atoms with Crippen molar-refractivity contribution < 1.29 is 9.90 Å². The predicted octanol–water partition coefficient (Wildman–Crippen LogP) is 3.10. The molecule has 9 heteroatoms. The maximum absolute atomic E-state index is 12.9. The molecule has 3 aromatic heterocycles. The number of aromatic nitrogens is 5. The second-order valence-electron chi connectivity index (χ2n) is 10.2. The number of aliphatic hydroxyl groups is 1. The molecule has 0 atom stereocenters. The number of carbonyl (C=O) groups excluding carboxylic acids is 1. The monoisotopic (exact) mass is 471 g/mol. The van der Waals surface area contributed by atoms with Gasteiger partial charge in [0.2, 0.25) is 5.91 Å². The third-order valence-corrected chi connectivity index (χ3v) is 7.69. The summed E-state index contributed by atoms with van der Waals surface area (Å²) in [6, 6.07) is 12.4. The number of nitrogens with two attached hydrogens (primary N) is 1. The molecule has 2 fully saturated rings. The maximum Gasteiger partial charge on any atom is 0.230 e. The Morgan fingerprint density at radius 2 is 1.97 bits per heavy atom. The summed E-state index contributed by atoms with van der Waals surface area (Å²) in [6.45, 7) is 1.77. The second-order valence-corrected chi connectivity index (χ2v) is 10.2. The van der Waals surface area contributed by atoms with Crippen molar-refractivity contribution in [2.75, 3.05) is 12.8 Å². The van der Waals surface area contributed by atoms with Crippen molar-refractivity contribution in [3.63, 3.8) is 0 Å². The first-order chi connectivity index (χ1) is 16.8. The molecule has 0 aliphatic heterocycles. The van der Waals surface area contributed by atoms with Gasteiger partial charge < -0.3 is 16.2 Å². The van der Waals surface area contributed by atoms with Crippen molar-refractivity contribution in [1.29, 1.82) is 0 Å². The predicted molar refractivity (Wildman–Crippen MR) is 133 cm³/mol. The first kappa shape index (κ1) is 21.8. The van der Waals surface area contributed by atoms with Crippen LogP contribution in [0.5, 0.6) is 0 Å². The molecular formula is C26H29N7O2. The van der Waals surface area contributed by atoms with Crippen molar-refractivity contribution in [2.45, 2.75) is 56.1 Å². The quantitative estimate of drug-likeness (QED) is 0.411. The van der Waals surface area contributed by atoms with Gasteiger partial charge in [-0.3, -0.25) is 9.48 Å². The van der Waals surface area contributed by atoms with Crippen LogP contribution in [-0.4, -0.2) is 48.0 Å². The fourth-order valence-corrected chi connectivity index (χ4v) is 5.88. The van der Waals surface area contributed by atoms with Crippen LogP contribution in [0.4, 0.5) is 5.82 Å². The van der Waals surface area contributed by atoms with Crippen LogP contribution >= 0.6 is 0 Å². The summed E-state index contributed by atoms with van der Waals surface area (Å²) in [5, 5.41) is 22.4. The van der Waals surface area contributed by atoms with Crippen LogP contribution in [-0.2, 0) is 10.2 Å². The van der Waals surface area contributed by atoms with E-state index in [0.29, 0.717) is 24.7 Å². The third-order valence-electron chi connectivity index (χ3n) is 7.69. The minimum absolute atomic E-state index is 0.0853. The van der Waals surface area contributed by atoms with E-state index in [2.05, 4.69) is 31.2 Å². The summed E-state index contributed by atoms with van der Waals surface area (Å²) in [6.07, 6.45) is 7.48. The summed E-state index contributed by atoms with van der Waals surface area (Å²) >= 11 is 0. The molecule has 0 saturated heterocycles. The average molecular weight is 472 g/mol. The standard InChI is InChI=1S/C26H29N7O2/c1-25(35)13-26(14-25,24(34)28-2)17-6-3-5-16(11-17)21-12-19(22-23(27)29-15-31-33(21)22)20-9-10-30-32(20)18-7-4-8-18/h3,5-6,9-12,15,18,35H,4,7-8,13-14H2,1-2H3,(H,28,34)(H2,27,29,31)/t25-,26-. The minimum Gasteiger partial charge on any atom is -0.390 e. The van der Waals surface area contributed by atoms with Gasteiger partial charge in [0.25, 0.3) is 0 Å². The molecule has 0 radical (unpaired) electrons. The molecule has 4 N–H and O–H groups in total. The van der Waals surface area contributed by atoms with E-state index in [-0.39, 0.29) is 5.91 Å². The second kappa shape index (κ2) is 7.64. The highest BCUT2D eigenvalue weighted by Gasteiger charge is 2.56. The summed E-state index contributed by atoms with van der Waals surface area (Å²) in [5.41, 5.74) is 10.0. The molecule has 2 saturated carbocycles. The molecule has 0 unspecified atom stereocenters. The van der Waals surface area contributed by atoms with Gasteiger partial charge >= 0.3 is 0 Å². The number of amides is 1. The van der Waals surface area contributed by atoms with Crippen molar-refractivity contribution in [2.24, 2.45) is 0 Å². The SMILES string of the molecule is CNC(=O)[C@]1(c2cccc(-c3cc(-c4ccnn4C4CCC4)c4c(N)ncnn34)c2)C[C@@](C)(O)C1. The Labute approximate surface area is 203 Å². The number of hydrogen-bond acceptors (Lipinski definition) is 6. The average Bonchev–Trinajstić information content (AvgIpc) is 3.41. The number of carbonyl (C=O) groups is 1.